The average molecular weight is 559 g/mol. The number of hydrogen-bond acceptors (Lipinski definition) is 5. The number of carbonyl (C=O) groups excluding carboxylic acids is 2. The Bertz CT molecular complexity index is 1450. The fourth-order valence-electron chi connectivity index (χ4n) is 4.69. The first-order valence-electron chi connectivity index (χ1n) is 13.6. The number of carbonyl (C=O) groups is 3. The minimum Gasteiger partial charge on any atom is -0.481 e. The van der Waals surface area contributed by atoms with Crippen LogP contribution in [0.4, 0.5) is 21.5 Å². The topological polar surface area (TPSA) is 102 Å². The predicted molar refractivity (Wildman–Crippen MR) is 160 cm³/mol. The molecular formula is C32H35FN4O4. The molecule has 1 aliphatic heterocycles. The van der Waals surface area contributed by atoms with Gasteiger partial charge in [-0.3, -0.25) is 14.4 Å². The quantitative estimate of drug-likeness (QED) is 0.201. The van der Waals surface area contributed by atoms with Crippen molar-refractivity contribution in [1.29, 1.82) is 0 Å². The van der Waals surface area contributed by atoms with Crippen molar-refractivity contribution in [3.63, 3.8) is 0 Å². The van der Waals surface area contributed by atoms with Crippen LogP contribution in [0, 0.1) is 5.82 Å². The van der Waals surface area contributed by atoms with Crippen LogP contribution in [0.5, 0.6) is 0 Å². The minimum absolute atomic E-state index is 0.0201. The Morgan fingerprint density at radius 3 is 2.29 bits per heavy atom. The van der Waals surface area contributed by atoms with Crippen molar-refractivity contribution in [3.8, 4) is 0 Å². The maximum absolute atomic E-state index is 13.9. The van der Waals surface area contributed by atoms with Crippen LogP contribution in [0.25, 0.3) is 11.3 Å². The van der Waals surface area contributed by atoms with E-state index in [9.17, 15) is 18.8 Å². The van der Waals surface area contributed by atoms with Crippen LogP contribution >= 0.6 is 0 Å². The van der Waals surface area contributed by atoms with E-state index in [1.807, 2.05) is 62.6 Å². The Morgan fingerprint density at radius 1 is 0.927 bits per heavy atom. The molecule has 3 N–H and O–H groups in total. The van der Waals surface area contributed by atoms with Crippen molar-refractivity contribution >= 4 is 46.1 Å². The van der Waals surface area contributed by atoms with Gasteiger partial charge in [-0.15, -0.1) is 0 Å². The van der Waals surface area contributed by atoms with E-state index in [4.69, 9.17) is 5.11 Å². The van der Waals surface area contributed by atoms with Gasteiger partial charge in [0.1, 0.15) is 5.82 Å². The molecule has 8 nitrogen and oxygen atoms in total. The lowest BCUT2D eigenvalue weighted by Gasteiger charge is -2.19. The number of nitrogens with one attached hydrogen (secondary N) is 2. The van der Waals surface area contributed by atoms with Gasteiger partial charge in [-0.25, -0.2) is 4.39 Å². The lowest BCUT2D eigenvalue weighted by atomic mass is 9.98. The van der Waals surface area contributed by atoms with Crippen molar-refractivity contribution in [2.45, 2.75) is 32.1 Å². The lowest BCUT2D eigenvalue weighted by molar-refractivity contribution is -0.137. The molecule has 0 saturated heterocycles. The molecule has 41 heavy (non-hydrogen) atoms. The Morgan fingerprint density at radius 2 is 1.63 bits per heavy atom. The molecule has 9 heteroatoms. The van der Waals surface area contributed by atoms with Crippen molar-refractivity contribution in [2.24, 2.45) is 0 Å². The molecule has 3 aromatic carbocycles. The number of anilines is 3. The Labute approximate surface area is 239 Å². The van der Waals surface area contributed by atoms with Gasteiger partial charge in [-0.1, -0.05) is 24.3 Å². The average Bonchev–Trinajstić information content (AvgIpc) is 3.27. The molecule has 1 aliphatic rings. The summed E-state index contributed by atoms with van der Waals surface area (Å²) in [6, 6.07) is 18.9. The maximum Gasteiger partial charge on any atom is 0.303 e. The Kier molecular flexibility index (Phi) is 9.52. The van der Waals surface area contributed by atoms with E-state index in [0.717, 1.165) is 30.6 Å². The van der Waals surface area contributed by atoms with Crippen molar-refractivity contribution < 1.29 is 23.9 Å². The highest BCUT2D eigenvalue weighted by atomic mass is 19.1. The highest BCUT2D eigenvalue weighted by Crippen LogP contribution is 2.38. The molecule has 214 valence electrons. The van der Waals surface area contributed by atoms with Crippen LogP contribution in [0.2, 0.25) is 0 Å². The highest BCUT2D eigenvalue weighted by Gasteiger charge is 2.29. The number of amides is 2. The third-order valence-electron chi connectivity index (χ3n) is 6.99. The predicted octanol–water partition coefficient (Wildman–Crippen LogP) is 5.47. The van der Waals surface area contributed by atoms with E-state index in [-0.39, 0.29) is 18.2 Å². The van der Waals surface area contributed by atoms with Gasteiger partial charge in [0.2, 0.25) is 5.91 Å². The zero-order valence-electron chi connectivity index (χ0n) is 23.5. The van der Waals surface area contributed by atoms with Gasteiger partial charge in [0.25, 0.3) is 5.91 Å². The van der Waals surface area contributed by atoms with Crippen molar-refractivity contribution in [3.05, 3.63) is 89.2 Å². The number of hydrogen-bond donors (Lipinski definition) is 3. The first kappa shape index (κ1) is 29.5. The van der Waals surface area contributed by atoms with E-state index in [1.54, 1.807) is 18.0 Å². The molecule has 0 atom stereocenters. The number of rotatable bonds is 12. The van der Waals surface area contributed by atoms with Crippen LogP contribution in [-0.2, 0) is 20.8 Å². The summed E-state index contributed by atoms with van der Waals surface area (Å²) in [5.41, 5.74) is 4.88. The second-order valence-electron chi connectivity index (χ2n) is 10.4. The summed E-state index contributed by atoms with van der Waals surface area (Å²) in [6.45, 7) is 0.942. The Hall–Kier alpha value is -4.50. The smallest absolute Gasteiger partial charge is 0.303 e. The SMILES string of the molecule is CN(C)CCCCC(=O)N(C)c1ccc(N/C(=C2\C(=O)Nc3cc(F)ccc32)c2ccc(CCC(=O)O)cc2)cc1. The van der Waals surface area contributed by atoms with Crippen LogP contribution in [0.1, 0.15) is 42.4 Å². The van der Waals surface area contributed by atoms with Gasteiger partial charge in [-0.2, -0.15) is 0 Å². The number of benzene rings is 3. The largest absolute Gasteiger partial charge is 0.481 e. The van der Waals surface area contributed by atoms with Gasteiger partial charge < -0.3 is 25.5 Å². The van der Waals surface area contributed by atoms with Gasteiger partial charge >= 0.3 is 5.97 Å². The molecule has 1 heterocycles. The number of fused-ring (bicyclic) bond motifs is 1. The van der Waals surface area contributed by atoms with E-state index in [1.165, 1.54) is 12.1 Å². The number of carboxylic acid groups (broad SMARTS) is 1. The summed E-state index contributed by atoms with van der Waals surface area (Å²) in [7, 11) is 5.79. The molecule has 0 unspecified atom stereocenters. The third-order valence-corrected chi connectivity index (χ3v) is 6.99. The van der Waals surface area contributed by atoms with Crippen molar-refractivity contribution in [1.82, 2.24) is 4.90 Å². The van der Waals surface area contributed by atoms with E-state index < -0.39 is 11.8 Å². The molecule has 0 aromatic heterocycles. The van der Waals surface area contributed by atoms with Gasteiger partial charge in [0.15, 0.2) is 0 Å². The monoisotopic (exact) mass is 558 g/mol. The standard InChI is InChI=1S/C32H35FN4O4/c1-36(2)19-5-4-6-28(38)37(3)25-15-13-24(14-16-25)34-31(22-10-7-21(8-11-22)9-18-29(39)40)30-26-17-12-23(33)20-27(26)35-32(30)41/h7-8,10-17,20,34H,4-6,9,18-19H2,1-3H3,(H,35,41)(H,39,40)/b31-30-. The first-order chi connectivity index (χ1) is 19.6. The lowest BCUT2D eigenvalue weighted by Crippen LogP contribution is -2.26. The summed E-state index contributed by atoms with van der Waals surface area (Å²) < 4.78 is 13.9. The zero-order chi connectivity index (χ0) is 29.5. The van der Waals surface area contributed by atoms with E-state index in [0.29, 0.717) is 46.6 Å². The zero-order valence-corrected chi connectivity index (χ0v) is 23.5. The molecule has 4 rings (SSSR count). The van der Waals surface area contributed by atoms with Crippen LogP contribution in [0.15, 0.2) is 66.7 Å². The molecule has 3 aromatic rings. The maximum atomic E-state index is 13.9. The van der Waals surface area contributed by atoms with E-state index in [2.05, 4.69) is 15.5 Å². The molecule has 0 saturated carbocycles. The molecule has 0 spiro atoms. The Balaban J connectivity index is 1.60. The fraction of sp³-hybridized carbons (Fsp3) is 0.281. The summed E-state index contributed by atoms with van der Waals surface area (Å²) in [6.07, 6.45) is 2.66. The van der Waals surface area contributed by atoms with Gasteiger partial charge in [-0.05, 0) is 93.5 Å². The summed E-state index contributed by atoms with van der Waals surface area (Å²) in [4.78, 5) is 40.5. The number of halogens is 1. The number of carboxylic acids is 1. The third kappa shape index (κ3) is 7.58. The first-order valence-corrected chi connectivity index (χ1v) is 13.6. The highest BCUT2D eigenvalue weighted by molar-refractivity contribution is 6.37. The van der Waals surface area contributed by atoms with Crippen LogP contribution < -0.4 is 15.5 Å². The minimum atomic E-state index is -0.870. The van der Waals surface area contributed by atoms with Crippen LogP contribution in [0.3, 0.4) is 0 Å². The second-order valence-corrected chi connectivity index (χ2v) is 10.4. The summed E-state index contributed by atoms with van der Waals surface area (Å²) in [5.74, 6) is -1.64. The number of aryl methyl sites for hydroxylation is 1. The van der Waals surface area contributed by atoms with Crippen LogP contribution in [-0.4, -0.2) is 55.5 Å². The number of nitrogens with zero attached hydrogens (tertiary/aromatic N) is 2. The molecular weight excluding hydrogens is 523 g/mol. The molecule has 0 bridgehead atoms. The molecule has 2 amide bonds. The normalized spacial score (nSPS) is 13.5. The number of unbranched alkanes of at least 4 members (excludes halogenated alkanes) is 1. The van der Waals surface area contributed by atoms with Gasteiger partial charge in [0.05, 0.1) is 17.0 Å². The molecule has 0 aliphatic carbocycles. The summed E-state index contributed by atoms with van der Waals surface area (Å²) in [5, 5.41) is 15.1. The summed E-state index contributed by atoms with van der Waals surface area (Å²) >= 11 is 0. The van der Waals surface area contributed by atoms with Crippen molar-refractivity contribution in [2.75, 3.05) is 43.2 Å². The van der Waals surface area contributed by atoms with Gasteiger partial charge in [0, 0.05) is 36.8 Å². The number of aliphatic carboxylic acids is 1. The molecule has 0 fully saturated rings. The second kappa shape index (κ2) is 13.2. The fourth-order valence-corrected chi connectivity index (χ4v) is 4.69. The molecule has 0 radical (unpaired) electrons. The van der Waals surface area contributed by atoms with E-state index >= 15 is 0 Å².